The zero-order chi connectivity index (χ0) is 20.5. The fourth-order valence-electron chi connectivity index (χ4n) is 3.01. The van der Waals surface area contributed by atoms with Gasteiger partial charge in [-0.3, -0.25) is 4.79 Å². The van der Waals surface area contributed by atoms with E-state index in [9.17, 15) is 14.0 Å². The molecule has 1 aromatic heterocycles. The Balaban J connectivity index is 1.73. The number of thiophene rings is 1. The van der Waals surface area contributed by atoms with Crippen molar-refractivity contribution in [1.29, 1.82) is 0 Å². The SMILES string of the molecule is CC(C)(C)OC(=O)N1CCN(c2ccsc2C(=O)c2c(F)cccc2Br)CC1. The lowest BCUT2D eigenvalue weighted by Crippen LogP contribution is -2.50. The van der Waals surface area contributed by atoms with Crippen LogP contribution in [0, 0.1) is 5.82 Å². The van der Waals surface area contributed by atoms with Crippen LogP contribution >= 0.6 is 27.3 Å². The maximum Gasteiger partial charge on any atom is 0.410 e. The molecule has 1 aliphatic rings. The number of halogens is 2. The molecule has 2 heterocycles. The molecule has 1 aromatic carbocycles. The molecule has 1 saturated heterocycles. The van der Waals surface area contributed by atoms with Crippen molar-refractivity contribution in [3.05, 3.63) is 50.4 Å². The van der Waals surface area contributed by atoms with Gasteiger partial charge < -0.3 is 14.5 Å². The fraction of sp³-hybridized carbons (Fsp3) is 0.400. The fourth-order valence-corrected chi connectivity index (χ4v) is 4.39. The summed E-state index contributed by atoms with van der Waals surface area (Å²) in [6, 6.07) is 6.37. The van der Waals surface area contributed by atoms with Gasteiger partial charge in [-0.2, -0.15) is 0 Å². The van der Waals surface area contributed by atoms with Crippen LogP contribution in [0.1, 0.15) is 36.0 Å². The number of ketones is 1. The summed E-state index contributed by atoms with van der Waals surface area (Å²) in [5.41, 5.74) is 0.279. The maximum atomic E-state index is 14.2. The molecule has 5 nitrogen and oxygen atoms in total. The van der Waals surface area contributed by atoms with E-state index in [1.54, 1.807) is 17.0 Å². The van der Waals surface area contributed by atoms with Crippen molar-refractivity contribution in [3.8, 4) is 0 Å². The maximum absolute atomic E-state index is 14.2. The van der Waals surface area contributed by atoms with Crippen LogP contribution in [0.2, 0.25) is 0 Å². The van der Waals surface area contributed by atoms with E-state index in [0.717, 1.165) is 5.69 Å². The molecule has 0 aliphatic carbocycles. The third-order valence-electron chi connectivity index (χ3n) is 4.31. The van der Waals surface area contributed by atoms with E-state index < -0.39 is 11.4 Å². The molecular formula is C20H22BrFN2O3S. The second kappa shape index (κ2) is 8.21. The highest BCUT2D eigenvalue weighted by Crippen LogP contribution is 2.32. The normalized spacial score (nSPS) is 14.9. The molecule has 0 saturated carbocycles. The van der Waals surface area contributed by atoms with Gasteiger partial charge in [0, 0.05) is 30.7 Å². The van der Waals surface area contributed by atoms with E-state index in [1.165, 1.54) is 17.4 Å². The van der Waals surface area contributed by atoms with Crippen molar-refractivity contribution in [2.24, 2.45) is 0 Å². The molecule has 3 rings (SSSR count). The van der Waals surface area contributed by atoms with Gasteiger partial charge in [0.25, 0.3) is 0 Å². The van der Waals surface area contributed by atoms with Crippen LogP contribution in [0.15, 0.2) is 34.1 Å². The summed E-state index contributed by atoms with van der Waals surface area (Å²) in [6.07, 6.45) is -0.330. The van der Waals surface area contributed by atoms with Crippen molar-refractivity contribution in [2.75, 3.05) is 31.1 Å². The summed E-state index contributed by atoms with van der Waals surface area (Å²) >= 11 is 4.57. The van der Waals surface area contributed by atoms with Gasteiger partial charge in [-0.15, -0.1) is 11.3 Å². The van der Waals surface area contributed by atoms with Gasteiger partial charge in [0.05, 0.1) is 16.1 Å². The molecule has 0 bridgehead atoms. The van der Waals surface area contributed by atoms with Crippen molar-refractivity contribution >= 4 is 44.8 Å². The van der Waals surface area contributed by atoms with E-state index >= 15 is 0 Å². The highest BCUT2D eigenvalue weighted by molar-refractivity contribution is 9.10. The molecule has 150 valence electrons. The van der Waals surface area contributed by atoms with Gasteiger partial charge in [-0.1, -0.05) is 6.07 Å². The van der Waals surface area contributed by atoms with Crippen molar-refractivity contribution in [2.45, 2.75) is 26.4 Å². The monoisotopic (exact) mass is 468 g/mol. The Bertz CT molecular complexity index is 866. The van der Waals surface area contributed by atoms with Crippen molar-refractivity contribution in [3.63, 3.8) is 0 Å². The van der Waals surface area contributed by atoms with Crippen molar-refractivity contribution < 1.29 is 18.7 Å². The zero-order valence-electron chi connectivity index (χ0n) is 16.0. The number of anilines is 1. The van der Waals surface area contributed by atoms with E-state index in [2.05, 4.69) is 20.8 Å². The Morgan fingerprint density at radius 1 is 1.14 bits per heavy atom. The van der Waals surface area contributed by atoms with E-state index in [1.807, 2.05) is 32.2 Å². The molecule has 2 aromatic rings. The minimum Gasteiger partial charge on any atom is -0.444 e. The largest absolute Gasteiger partial charge is 0.444 e. The van der Waals surface area contributed by atoms with Crippen LogP contribution in [0.4, 0.5) is 14.9 Å². The number of carbonyl (C=O) groups is 2. The molecule has 8 heteroatoms. The first kappa shape index (κ1) is 20.8. The molecule has 1 aliphatic heterocycles. The Labute approximate surface area is 176 Å². The van der Waals surface area contributed by atoms with Gasteiger partial charge in [-0.25, -0.2) is 9.18 Å². The number of piperazine rings is 1. The summed E-state index contributed by atoms with van der Waals surface area (Å²) in [5.74, 6) is -0.891. The number of rotatable bonds is 3. The van der Waals surface area contributed by atoms with E-state index in [-0.39, 0.29) is 17.4 Å². The molecule has 0 atom stereocenters. The number of nitrogens with zero attached hydrogens (tertiary/aromatic N) is 2. The topological polar surface area (TPSA) is 49.9 Å². The molecule has 1 fully saturated rings. The van der Waals surface area contributed by atoms with E-state index in [0.29, 0.717) is 35.5 Å². The minimum absolute atomic E-state index is 0.0404. The Hall–Kier alpha value is -1.93. The highest BCUT2D eigenvalue weighted by Gasteiger charge is 2.29. The average Bonchev–Trinajstić information content (AvgIpc) is 3.10. The van der Waals surface area contributed by atoms with Gasteiger partial charge in [0.2, 0.25) is 5.78 Å². The van der Waals surface area contributed by atoms with Crippen molar-refractivity contribution in [1.82, 2.24) is 4.90 Å². The lowest BCUT2D eigenvalue weighted by molar-refractivity contribution is 0.0240. The number of amides is 1. The zero-order valence-corrected chi connectivity index (χ0v) is 18.4. The second-order valence-electron chi connectivity index (χ2n) is 7.52. The molecule has 0 unspecified atom stereocenters. The molecule has 1 amide bonds. The van der Waals surface area contributed by atoms with Gasteiger partial charge in [0.15, 0.2) is 0 Å². The Morgan fingerprint density at radius 3 is 2.43 bits per heavy atom. The first-order chi connectivity index (χ1) is 13.2. The lowest BCUT2D eigenvalue weighted by Gasteiger charge is -2.36. The average molecular weight is 469 g/mol. The summed E-state index contributed by atoms with van der Waals surface area (Å²) < 4.78 is 20.1. The predicted octanol–water partition coefficient (Wildman–Crippen LogP) is 4.94. The third-order valence-corrected chi connectivity index (χ3v) is 5.88. The number of hydrogen-bond donors (Lipinski definition) is 0. The lowest BCUT2D eigenvalue weighted by atomic mass is 10.1. The van der Waals surface area contributed by atoms with Gasteiger partial charge >= 0.3 is 6.09 Å². The standard InChI is InChI=1S/C20H22BrFN2O3S/c1-20(2,3)27-19(26)24-10-8-23(9-11-24)15-7-12-28-18(15)17(25)16-13(21)5-4-6-14(16)22/h4-7,12H,8-11H2,1-3H3. The molecule has 0 N–H and O–H groups in total. The van der Waals surface area contributed by atoms with Crippen LogP contribution in [0.3, 0.4) is 0 Å². The molecule has 0 radical (unpaired) electrons. The summed E-state index contributed by atoms with van der Waals surface area (Å²) in [4.78, 5) is 29.4. The van der Waals surface area contributed by atoms with Crippen LogP contribution in [0.25, 0.3) is 0 Å². The first-order valence-electron chi connectivity index (χ1n) is 8.96. The second-order valence-corrected chi connectivity index (χ2v) is 9.29. The molecular weight excluding hydrogens is 447 g/mol. The third kappa shape index (κ3) is 4.55. The number of ether oxygens (including phenoxy) is 1. The summed E-state index contributed by atoms with van der Waals surface area (Å²) in [6.45, 7) is 7.68. The predicted molar refractivity (Wildman–Crippen MR) is 112 cm³/mol. The number of hydrogen-bond acceptors (Lipinski definition) is 5. The number of carbonyl (C=O) groups excluding carboxylic acids is 2. The minimum atomic E-state index is -0.548. The number of benzene rings is 1. The van der Waals surface area contributed by atoms with Crippen LogP contribution in [0.5, 0.6) is 0 Å². The van der Waals surface area contributed by atoms with Crippen LogP contribution in [-0.4, -0.2) is 48.6 Å². The van der Waals surface area contributed by atoms with E-state index in [4.69, 9.17) is 4.74 Å². The quantitative estimate of drug-likeness (QED) is 0.598. The summed E-state index contributed by atoms with van der Waals surface area (Å²) in [5, 5.41) is 1.83. The Morgan fingerprint density at radius 2 is 1.82 bits per heavy atom. The first-order valence-corrected chi connectivity index (χ1v) is 10.6. The van der Waals surface area contributed by atoms with Crippen LogP contribution in [-0.2, 0) is 4.74 Å². The summed E-state index contributed by atoms with van der Waals surface area (Å²) in [7, 11) is 0. The molecule has 28 heavy (non-hydrogen) atoms. The smallest absolute Gasteiger partial charge is 0.410 e. The molecule has 0 spiro atoms. The highest BCUT2D eigenvalue weighted by atomic mass is 79.9. The van der Waals surface area contributed by atoms with Gasteiger partial charge in [0.1, 0.15) is 11.4 Å². The Kier molecular flexibility index (Phi) is 6.09. The van der Waals surface area contributed by atoms with Crippen LogP contribution < -0.4 is 4.90 Å². The van der Waals surface area contributed by atoms with Gasteiger partial charge in [-0.05, 0) is 60.3 Å².